The second-order valence-corrected chi connectivity index (χ2v) is 5.47. The van der Waals surface area contributed by atoms with Crippen LogP contribution in [0.4, 0.5) is 11.6 Å². The number of likely N-dealkylation sites (tertiary alicyclic amines) is 1. The van der Waals surface area contributed by atoms with E-state index in [2.05, 4.69) is 9.97 Å². The third kappa shape index (κ3) is 4.05. The van der Waals surface area contributed by atoms with Crippen LogP contribution in [0, 0.1) is 0 Å². The van der Waals surface area contributed by atoms with Crippen LogP contribution in [0.5, 0.6) is 0 Å². The van der Waals surface area contributed by atoms with Gasteiger partial charge >= 0.3 is 0 Å². The minimum atomic E-state index is 0.449. The molecule has 17 heavy (non-hydrogen) atoms. The molecule has 1 aliphatic heterocycles. The summed E-state index contributed by atoms with van der Waals surface area (Å²) in [5.74, 6) is 1.92. The van der Waals surface area contributed by atoms with Crippen LogP contribution in [0.1, 0.15) is 19.3 Å². The molecule has 5 nitrogen and oxygen atoms in total. The van der Waals surface area contributed by atoms with E-state index in [1.54, 1.807) is 22.7 Å². The largest absolute Gasteiger partial charge is 0.383 e. The van der Waals surface area contributed by atoms with Crippen molar-refractivity contribution in [1.29, 1.82) is 0 Å². The van der Waals surface area contributed by atoms with Gasteiger partial charge in [-0.3, -0.25) is 0 Å². The highest BCUT2D eigenvalue weighted by Gasteiger charge is 2.13. The number of anilines is 2. The van der Waals surface area contributed by atoms with Crippen LogP contribution in [-0.2, 0) is 0 Å². The van der Waals surface area contributed by atoms with Crippen LogP contribution >= 0.6 is 11.8 Å². The van der Waals surface area contributed by atoms with E-state index >= 15 is 0 Å². The number of rotatable bonds is 4. The fourth-order valence-corrected chi connectivity index (χ4v) is 3.03. The Morgan fingerprint density at radius 3 is 2.41 bits per heavy atom. The zero-order chi connectivity index (χ0) is 12.1. The quantitative estimate of drug-likeness (QED) is 0.512. The number of nitrogen functional groups attached to an aromatic ring is 2. The van der Waals surface area contributed by atoms with Gasteiger partial charge < -0.3 is 16.4 Å². The van der Waals surface area contributed by atoms with Crippen molar-refractivity contribution >= 4 is 23.4 Å². The van der Waals surface area contributed by atoms with Gasteiger partial charge in [-0.2, -0.15) is 0 Å². The van der Waals surface area contributed by atoms with Crippen molar-refractivity contribution in [3.8, 4) is 0 Å². The maximum atomic E-state index is 5.62. The van der Waals surface area contributed by atoms with E-state index in [0.29, 0.717) is 16.8 Å². The van der Waals surface area contributed by atoms with Crippen LogP contribution in [0.3, 0.4) is 0 Å². The molecular formula is C11H20N5S+. The minimum absolute atomic E-state index is 0.449. The summed E-state index contributed by atoms with van der Waals surface area (Å²) in [6, 6.07) is 1.58. The van der Waals surface area contributed by atoms with Gasteiger partial charge in [0.2, 0.25) is 0 Å². The number of thioether (sulfide) groups is 1. The van der Waals surface area contributed by atoms with Gasteiger partial charge in [-0.05, 0) is 19.3 Å². The Bertz CT molecular complexity index is 345. The zero-order valence-electron chi connectivity index (χ0n) is 9.98. The molecule has 94 valence electrons. The Balaban J connectivity index is 1.77. The van der Waals surface area contributed by atoms with Crippen LogP contribution in [0.2, 0.25) is 0 Å². The van der Waals surface area contributed by atoms with E-state index in [1.807, 2.05) is 0 Å². The topological polar surface area (TPSA) is 82.3 Å². The number of nitrogens with one attached hydrogen (secondary N) is 1. The Labute approximate surface area is 106 Å². The Morgan fingerprint density at radius 2 is 1.76 bits per heavy atom. The van der Waals surface area contributed by atoms with E-state index < -0.39 is 0 Å². The van der Waals surface area contributed by atoms with E-state index in [4.69, 9.17) is 11.5 Å². The third-order valence-corrected chi connectivity index (χ3v) is 3.84. The maximum Gasteiger partial charge on any atom is 0.191 e. The summed E-state index contributed by atoms with van der Waals surface area (Å²) in [4.78, 5) is 10.0. The zero-order valence-corrected chi connectivity index (χ0v) is 10.8. The fraction of sp³-hybridized carbons (Fsp3) is 0.636. The van der Waals surface area contributed by atoms with Crippen molar-refractivity contribution in [2.45, 2.75) is 24.4 Å². The summed E-state index contributed by atoms with van der Waals surface area (Å²) < 4.78 is 0. The first kappa shape index (κ1) is 12.4. The lowest BCUT2D eigenvalue weighted by Gasteiger charge is -2.23. The second-order valence-electron chi connectivity index (χ2n) is 4.41. The molecule has 5 N–H and O–H groups in total. The lowest BCUT2D eigenvalue weighted by Crippen LogP contribution is -3.13. The summed E-state index contributed by atoms with van der Waals surface area (Å²) >= 11 is 1.64. The molecule has 0 atom stereocenters. The SMILES string of the molecule is Nc1cc(N)nc(SCC[NH+]2CCCCC2)n1. The van der Waals surface area contributed by atoms with Gasteiger partial charge in [0.05, 0.1) is 25.4 Å². The number of quaternary nitrogens is 1. The number of hydrogen-bond donors (Lipinski definition) is 3. The van der Waals surface area contributed by atoms with E-state index in [0.717, 1.165) is 5.75 Å². The second kappa shape index (κ2) is 6.07. The standard InChI is InChI=1S/C11H19N5S/c12-9-8-10(13)15-11(14-9)17-7-6-16-4-2-1-3-5-16/h8H,1-7H2,(H4,12,13,14,15)/p+1. The monoisotopic (exact) mass is 254 g/mol. The number of nitrogens with zero attached hydrogens (tertiary/aromatic N) is 2. The predicted octanol–water partition coefficient (Wildman–Crippen LogP) is -0.198. The molecule has 0 saturated carbocycles. The van der Waals surface area contributed by atoms with Gasteiger partial charge in [-0.1, -0.05) is 11.8 Å². The molecule has 2 rings (SSSR count). The van der Waals surface area contributed by atoms with Crippen molar-refractivity contribution < 1.29 is 4.90 Å². The summed E-state index contributed by atoms with van der Waals surface area (Å²) in [7, 11) is 0. The number of aromatic nitrogens is 2. The molecule has 0 radical (unpaired) electrons. The van der Waals surface area contributed by atoms with Gasteiger partial charge in [0.15, 0.2) is 5.16 Å². The highest BCUT2D eigenvalue weighted by Crippen LogP contribution is 2.15. The Kier molecular flexibility index (Phi) is 4.44. The first-order valence-corrected chi connectivity index (χ1v) is 7.09. The molecule has 0 bridgehead atoms. The molecule has 2 heterocycles. The predicted molar refractivity (Wildman–Crippen MR) is 71.0 cm³/mol. The third-order valence-electron chi connectivity index (χ3n) is 2.99. The summed E-state index contributed by atoms with van der Waals surface area (Å²) in [6.45, 7) is 3.78. The molecular weight excluding hydrogens is 234 g/mol. The number of nitrogens with two attached hydrogens (primary N) is 2. The number of hydrogen-bond acceptors (Lipinski definition) is 5. The van der Waals surface area contributed by atoms with Gasteiger partial charge in [0.1, 0.15) is 11.6 Å². The normalized spacial score (nSPS) is 17.2. The smallest absolute Gasteiger partial charge is 0.191 e. The van der Waals surface area contributed by atoms with Crippen molar-refractivity contribution in [2.75, 3.05) is 36.9 Å². The molecule has 6 heteroatoms. The molecule has 0 aliphatic carbocycles. The summed E-state index contributed by atoms with van der Waals surface area (Å²) in [6.07, 6.45) is 4.12. The lowest BCUT2D eigenvalue weighted by atomic mass is 10.1. The molecule has 1 saturated heterocycles. The first-order valence-electron chi connectivity index (χ1n) is 6.10. The first-order chi connectivity index (χ1) is 8.24. The average Bonchev–Trinajstić information content (AvgIpc) is 2.29. The molecule has 1 fully saturated rings. The van der Waals surface area contributed by atoms with E-state index in [-0.39, 0.29) is 0 Å². The van der Waals surface area contributed by atoms with Gasteiger partial charge in [-0.25, -0.2) is 9.97 Å². The molecule has 1 aliphatic rings. The highest BCUT2D eigenvalue weighted by atomic mass is 32.2. The highest BCUT2D eigenvalue weighted by molar-refractivity contribution is 7.99. The summed E-state index contributed by atoms with van der Waals surface area (Å²) in [5, 5.41) is 0.693. The molecule has 0 aromatic carbocycles. The molecule has 0 unspecified atom stereocenters. The lowest BCUT2D eigenvalue weighted by molar-refractivity contribution is -0.902. The van der Waals surface area contributed by atoms with Gasteiger partial charge in [0, 0.05) is 6.07 Å². The summed E-state index contributed by atoms with van der Waals surface area (Å²) in [5.41, 5.74) is 11.2. The van der Waals surface area contributed by atoms with Crippen LogP contribution in [0.15, 0.2) is 11.2 Å². The minimum Gasteiger partial charge on any atom is -0.383 e. The Hall–Kier alpha value is -1.01. The Morgan fingerprint density at radius 1 is 1.12 bits per heavy atom. The maximum absolute atomic E-state index is 5.62. The molecule has 0 spiro atoms. The molecule has 1 aromatic rings. The van der Waals surface area contributed by atoms with Gasteiger partial charge in [-0.15, -0.1) is 0 Å². The van der Waals surface area contributed by atoms with Crippen molar-refractivity contribution in [1.82, 2.24) is 9.97 Å². The van der Waals surface area contributed by atoms with E-state index in [1.165, 1.54) is 38.9 Å². The fourth-order valence-electron chi connectivity index (χ4n) is 2.11. The van der Waals surface area contributed by atoms with Crippen molar-refractivity contribution in [3.63, 3.8) is 0 Å². The average molecular weight is 254 g/mol. The van der Waals surface area contributed by atoms with Crippen LogP contribution in [0.25, 0.3) is 0 Å². The van der Waals surface area contributed by atoms with Crippen molar-refractivity contribution in [3.05, 3.63) is 6.07 Å². The van der Waals surface area contributed by atoms with E-state index in [9.17, 15) is 0 Å². The molecule has 0 amide bonds. The van der Waals surface area contributed by atoms with Crippen LogP contribution in [-0.4, -0.2) is 35.4 Å². The number of piperidine rings is 1. The molecule has 1 aromatic heterocycles. The van der Waals surface area contributed by atoms with Crippen molar-refractivity contribution in [2.24, 2.45) is 0 Å². The van der Waals surface area contributed by atoms with Crippen LogP contribution < -0.4 is 16.4 Å². The van der Waals surface area contributed by atoms with Gasteiger partial charge in [0.25, 0.3) is 0 Å².